The van der Waals surface area contributed by atoms with Crippen LogP contribution in [-0.2, 0) is 4.74 Å². The second-order valence-corrected chi connectivity index (χ2v) is 3.69. The molecule has 1 rings (SSSR count). The SMILES string of the molecule is C#CCNc1ccc(C(=O)NC)c(OCCOC)c1. The first-order chi connectivity index (χ1) is 9.22. The fourth-order valence-electron chi connectivity index (χ4n) is 1.46. The van der Waals surface area contributed by atoms with E-state index in [4.69, 9.17) is 15.9 Å². The van der Waals surface area contributed by atoms with E-state index in [0.29, 0.717) is 31.1 Å². The third-order valence-electron chi connectivity index (χ3n) is 2.39. The monoisotopic (exact) mass is 262 g/mol. The van der Waals surface area contributed by atoms with Crippen LogP contribution in [0.5, 0.6) is 5.75 Å². The number of hydrogen-bond donors (Lipinski definition) is 2. The molecule has 1 aromatic rings. The van der Waals surface area contributed by atoms with Gasteiger partial charge in [-0.25, -0.2) is 0 Å². The summed E-state index contributed by atoms with van der Waals surface area (Å²) >= 11 is 0. The fourth-order valence-corrected chi connectivity index (χ4v) is 1.46. The van der Waals surface area contributed by atoms with Crippen molar-refractivity contribution in [1.29, 1.82) is 0 Å². The van der Waals surface area contributed by atoms with E-state index in [-0.39, 0.29) is 5.91 Å². The Morgan fingerprint density at radius 1 is 1.42 bits per heavy atom. The largest absolute Gasteiger partial charge is 0.490 e. The number of ether oxygens (including phenoxy) is 2. The van der Waals surface area contributed by atoms with Gasteiger partial charge in [0.2, 0.25) is 0 Å². The zero-order valence-corrected chi connectivity index (χ0v) is 11.2. The normalized spacial score (nSPS) is 9.53. The maximum atomic E-state index is 11.7. The lowest BCUT2D eigenvalue weighted by Gasteiger charge is -2.12. The Morgan fingerprint density at radius 3 is 2.84 bits per heavy atom. The third kappa shape index (κ3) is 4.53. The van der Waals surface area contributed by atoms with E-state index in [9.17, 15) is 4.79 Å². The number of anilines is 1. The van der Waals surface area contributed by atoms with Crippen molar-refractivity contribution < 1.29 is 14.3 Å². The number of carbonyl (C=O) groups is 1. The molecule has 5 nitrogen and oxygen atoms in total. The Balaban J connectivity index is 2.90. The molecule has 0 aliphatic carbocycles. The van der Waals surface area contributed by atoms with Gasteiger partial charge in [0.25, 0.3) is 5.91 Å². The average Bonchev–Trinajstić information content (AvgIpc) is 2.44. The van der Waals surface area contributed by atoms with E-state index >= 15 is 0 Å². The van der Waals surface area contributed by atoms with Crippen LogP contribution in [-0.4, -0.2) is 39.8 Å². The van der Waals surface area contributed by atoms with Gasteiger partial charge in [-0.2, -0.15) is 0 Å². The van der Waals surface area contributed by atoms with E-state index in [1.807, 2.05) is 0 Å². The topological polar surface area (TPSA) is 59.6 Å². The van der Waals surface area contributed by atoms with Crippen molar-refractivity contribution in [2.45, 2.75) is 0 Å². The van der Waals surface area contributed by atoms with Crippen LogP contribution >= 0.6 is 0 Å². The van der Waals surface area contributed by atoms with Gasteiger partial charge in [0.15, 0.2) is 0 Å². The van der Waals surface area contributed by atoms with Crippen molar-refractivity contribution in [2.75, 3.05) is 39.2 Å². The fraction of sp³-hybridized carbons (Fsp3) is 0.357. The number of carbonyl (C=O) groups excluding carboxylic acids is 1. The van der Waals surface area contributed by atoms with Crippen LogP contribution in [0.2, 0.25) is 0 Å². The van der Waals surface area contributed by atoms with E-state index in [0.717, 1.165) is 5.69 Å². The molecule has 0 bridgehead atoms. The van der Waals surface area contributed by atoms with Crippen molar-refractivity contribution in [3.05, 3.63) is 23.8 Å². The van der Waals surface area contributed by atoms with Crippen molar-refractivity contribution in [3.8, 4) is 18.1 Å². The summed E-state index contributed by atoms with van der Waals surface area (Å²) in [7, 11) is 3.17. The second-order valence-electron chi connectivity index (χ2n) is 3.69. The summed E-state index contributed by atoms with van der Waals surface area (Å²) < 4.78 is 10.5. The lowest BCUT2D eigenvalue weighted by molar-refractivity contribution is 0.0955. The van der Waals surface area contributed by atoms with E-state index in [1.165, 1.54) is 0 Å². The molecule has 0 unspecified atom stereocenters. The predicted molar refractivity (Wildman–Crippen MR) is 74.5 cm³/mol. The van der Waals surface area contributed by atoms with Gasteiger partial charge in [-0.15, -0.1) is 6.42 Å². The van der Waals surface area contributed by atoms with E-state index in [2.05, 4.69) is 16.6 Å². The van der Waals surface area contributed by atoms with Gasteiger partial charge in [-0.3, -0.25) is 4.79 Å². The van der Waals surface area contributed by atoms with Crippen molar-refractivity contribution >= 4 is 11.6 Å². The molecule has 0 aromatic heterocycles. The molecule has 0 saturated heterocycles. The van der Waals surface area contributed by atoms with Gasteiger partial charge in [0.05, 0.1) is 18.7 Å². The first kappa shape index (κ1) is 14.9. The molecule has 0 heterocycles. The highest BCUT2D eigenvalue weighted by atomic mass is 16.5. The minimum Gasteiger partial charge on any atom is -0.490 e. The summed E-state index contributed by atoms with van der Waals surface area (Å²) in [5.74, 6) is 2.79. The molecule has 19 heavy (non-hydrogen) atoms. The van der Waals surface area contributed by atoms with Crippen LogP contribution in [0.3, 0.4) is 0 Å². The quantitative estimate of drug-likeness (QED) is 0.571. The average molecular weight is 262 g/mol. The molecular weight excluding hydrogens is 244 g/mol. The Hall–Kier alpha value is -2.19. The van der Waals surface area contributed by atoms with Crippen molar-refractivity contribution in [3.63, 3.8) is 0 Å². The summed E-state index contributed by atoms with van der Waals surface area (Å²) in [6, 6.07) is 5.22. The number of methoxy groups -OCH3 is 1. The minimum absolute atomic E-state index is 0.198. The third-order valence-corrected chi connectivity index (χ3v) is 2.39. The molecule has 0 fully saturated rings. The number of benzene rings is 1. The van der Waals surface area contributed by atoms with E-state index in [1.54, 1.807) is 32.4 Å². The van der Waals surface area contributed by atoms with E-state index < -0.39 is 0 Å². The molecule has 0 spiro atoms. The molecule has 0 saturated carbocycles. The molecule has 1 aromatic carbocycles. The van der Waals surface area contributed by atoms with Crippen LogP contribution in [0, 0.1) is 12.3 Å². The number of hydrogen-bond acceptors (Lipinski definition) is 4. The summed E-state index contributed by atoms with van der Waals surface area (Å²) in [5, 5.41) is 5.60. The zero-order valence-electron chi connectivity index (χ0n) is 11.2. The molecule has 0 aliphatic rings. The molecule has 0 atom stereocenters. The molecule has 102 valence electrons. The Morgan fingerprint density at radius 2 is 2.21 bits per heavy atom. The van der Waals surface area contributed by atoms with Crippen molar-refractivity contribution in [1.82, 2.24) is 5.32 Å². The lowest BCUT2D eigenvalue weighted by Crippen LogP contribution is -2.19. The van der Waals surface area contributed by atoms with Gasteiger partial charge >= 0.3 is 0 Å². The standard InChI is InChI=1S/C14H18N2O3/c1-4-7-16-11-5-6-12(14(17)15-2)13(10-11)19-9-8-18-3/h1,5-6,10,16H,7-9H2,2-3H3,(H,15,17). The molecule has 0 radical (unpaired) electrons. The van der Waals surface area contributed by atoms with Crippen molar-refractivity contribution in [2.24, 2.45) is 0 Å². The maximum Gasteiger partial charge on any atom is 0.254 e. The van der Waals surface area contributed by atoms with Crippen LogP contribution in [0.4, 0.5) is 5.69 Å². The second kappa shape index (κ2) is 8.01. The Kier molecular flexibility index (Phi) is 6.27. The van der Waals surface area contributed by atoms with Crippen LogP contribution < -0.4 is 15.4 Å². The molecule has 5 heteroatoms. The van der Waals surface area contributed by atoms with Gasteiger partial charge < -0.3 is 20.1 Å². The minimum atomic E-state index is -0.198. The smallest absolute Gasteiger partial charge is 0.254 e. The number of nitrogens with one attached hydrogen (secondary N) is 2. The Bertz CT molecular complexity index is 466. The highest BCUT2D eigenvalue weighted by molar-refractivity contribution is 5.97. The summed E-state index contributed by atoms with van der Waals surface area (Å²) in [6.45, 7) is 1.24. The highest BCUT2D eigenvalue weighted by Gasteiger charge is 2.12. The highest BCUT2D eigenvalue weighted by Crippen LogP contribution is 2.23. The Labute approximate surface area is 113 Å². The maximum absolute atomic E-state index is 11.7. The number of terminal acetylenes is 1. The van der Waals surface area contributed by atoms with Crippen LogP contribution in [0.1, 0.15) is 10.4 Å². The number of rotatable bonds is 7. The predicted octanol–water partition coefficient (Wildman–Crippen LogP) is 1.12. The lowest BCUT2D eigenvalue weighted by atomic mass is 10.1. The van der Waals surface area contributed by atoms with Gasteiger partial charge in [-0.1, -0.05) is 5.92 Å². The van der Waals surface area contributed by atoms with Gasteiger partial charge in [-0.05, 0) is 12.1 Å². The first-order valence-electron chi connectivity index (χ1n) is 5.88. The first-order valence-corrected chi connectivity index (χ1v) is 5.88. The summed E-state index contributed by atoms with van der Waals surface area (Å²) in [5.41, 5.74) is 1.28. The summed E-state index contributed by atoms with van der Waals surface area (Å²) in [6.07, 6.45) is 5.19. The van der Waals surface area contributed by atoms with Gasteiger partial charge in [0, 0.05) is 25.9 Å². The molecule has 0 aliphatic heterocycles. The van der Waals surface area contributed by atoms with Crippen LogP contribution in [0.25, 0.3) is 0 Å². The molecule has 2 N–H and O–H groups in total. The van der Waals surface area contributed by atoms with Crippen LogP contribution in [0.15, 0.2) is 18.2 Å². The summed E-state index contributed by atoms with van der Waals surface area (Å²) in [4.78, 5) is 11.7. The molecular formula is C14H18N2O3. The zero-order chi connectivity index (χ0) is 14.1. The number of amides is 1. The molecule has 1 amide bonds. The van der Waals surface area contributed by atoms with Gasteiger partial charge in [0.1, 0.15) is 12.4 Å².